The van der Waals surface area contributed by atoms with E-state index in [9.17, 15) is 9.90 Å². The summed E-state index contributed by atoms with van der Waals surface area (Å²) in [6, 6.07) is 13.9. The number of nitrogens with two attached hydrogens (primary N) is 1. The largest absolute Gasteiger partial charge is 0.508 e. The van der Waals surface area contributed by atoms with Crippen LogP contribution < -0.4 is 11.1 Å². The van der Waals surface area contributed by atoms with Crippen molar-refractivity contribution in [1.29, 1.82) is 5.41 Å². The highest BCUT2D eigenvalue weighted by atomic mass is 16.3. The predicted molar refractivity (Wildman–Crippen MR) is 111 cm³/mol. The van der Waals surface area contributed by atoms with E-state index < -0.39 is 5.41 Å². The summed E-state index contributed by atoms with van der Waals surface area (Å²) >= 11 is 0. The number of benzene rings is 2. The van der Waals surface area contributed by atoms with Crippen LogP contribution in [-0.4, -0.2) is 26.8 Å². The molecule has 0 aliphatic heterocycles. The molecule has 1 aliphatic carbocycles. The van der Waals surface area contributed by atoms with Gasteiger partial charge in [-0.2, -0.15) is 0 Å². The Morgan fingerprint density at radius 1 is 1.00 bits per heavy atom. The van der Waals surface area contributed by atoms with E-state index in [-0.39, 0.29) is 23.4 Å². The van der Waals surface area contributed by atoms with E-state index in [1.165, 1.54) is 24.3 Å². The average molecular weight is 387 g/mol. The van der Waals surface area contributed by atoms with Crippen molar-refractivity contribution in [2.45, 2.75) is 24.7 Å². The van der Waals surface area contributed by atoms with Gasteiger partial charge in [-0.25, -0.2) is 9.97 Å². The fourth-order valence-corrected chi connectivity index (χ4v) is 3.60. The van der Waals surface area contributed by atoms with Gasteiger partial charge >= 0.3 is 0 Å². The number of hydrogen-bond acceptors (Lipinski definition) is 6. The lowest BCUT2D eigenvalue weighted by atomic mass is 9.63. The van der Waals surface area contributed by atoms with Crippen LogP contribution in [0.5, 0.6) is 5.75 Å². The monoisotopic (exact) mass is 387 g/mol. The second kappa shape index (κ2) is 7.35. The smallest absolute Gasteiger partial charge is 0.256 e. The van der Waals surface area contributed by atoms with E-state index in [0.29, 0.717) is 5.56 Å². The highest BCUT2D eigenvalue weighted by molar-refractivity contribution is 6.09. The summed E-state index contributed by atoms with van der Waals surface area (Å²) in [5, 5.41) is 20.7. The van der Waals surface area contributed by atoms with Gasteiger partial charge in [-0.3, -0.25) is 10.2 Å². The van der Waals surface area contributed by atoms with Crippen LogP contribution in [0.25, 0.3) is 11.1 Å². The summed E-state index contributed by atoms with van der Waals surface area (Å²) in [5.41, 5.74) is 8.29. The maximum absolute atomic E-state index is 12.5. The predicted octanol–water partition coefficient (Wildman–Crippen LogP) is 3.26. The molecule has 29 heavy (non-hydrogen) atoms. The number of amides is 1. The first-order chi connectivity index (χ1) is 14.0. The van der Waals surface area contributed by atoms with Gasteiger partial charge in [0.15, 0.2) is 0 Å². The molecular formula is C22H21N5O2. The molecule has 0 spiro atoms. The molecule has 2 aromatic carbocycles. The molecule has 146 valence electrons. The van der Waals surface area contributed by atoms with Crippen molar-refractivity contribution < 1.29 is 9.90 Å². The first-order valence-electron chi connectivity index (χ1n) is 9.36. The summed E-state index contributed by atoms with van der Waals surface area (Å²) in [4.78, 5) is 20.5. The van der Waals surface area contributed by atoms with Gasteiger partial charge in [0.1, 0.15) is 11.6 Å². The van der Waals surface area contributed by atoms with E-state index >= 15 is 0 Å². The zero-order valence-electron chi connectivity index (χ0n) is 15.7. The van der Waals surface area contributed by atoms with Crippen LogP contribution in [0, 0.1) is 5.41 Å². The Kier molecular flexibility index (Phi) is 4.72. The van der Waals surface area contributed by atoms with E-state index in [1.807, 2.05) is 24.3 Å². The van der Waals surface area contributed by atoms with Gasteiger partial charge in [-0.1, -0.05) is 30.7 Å². The van der Waals surface area contributed by atoms with Crippen LogP contribution in [0.15, 0.2) is 60.9 Å². The highest BCUT2D eigenvalue weighted by Crippen LogP contribution is 2.44. The average Bonchev–Trinajstić information content (AvgIpc) is 2.69. The lowest BCUT2D eigenvalue weighted by Crippen LogP contribution is -2.50. The molecule has 1 heterocycles. The molecule has 7 nitrogen and oxygen atoms in total. The van der Waals surface area contributed by atoms with Gasteiger partial charge in [0.2, 0.25) is 5.95 Å². The molecule has 4 rings (SSSR count). The maximum atomic E-state index is 12.5. The molecule has 1 aromatic heterocycles. The van der Waals surface area contributed by atoms with Crippen LogP contribution in [0.1, 0.15) is 35.2 Å². The van der Waals surface area contributed by atoms with Gasteiger partial charge < -0.3 is 16.2 Å². The standard InChI is InChI=1S/C22H21N5O2/c23-20(27-19(29)15-4-8-18(28)9-5-15)22(10-1-11-22)17-6-2-14(3-7-17)16-12-25-21(24)26-13-16/h2-9,12-13,28H,1,10-11H2,(H2,23,27,29)(H2,24,25,26). The highest BCUT2D eigenvalue weighted by Gasteiger charge is 2.43. The Morgan fingerprint density at radius 3 is 2.17 bits per heavy atom. The third kappa shape index (κ3) is 3.54. The van der Waals surface area contributed by atoms with Crippen molar-refractivity contribution >= 4 is 17.7 Å². The normalized spacial score (nSPS) is 14.6. The lowest BCUT2D eigenvalue weighted by molar-refractivity contribution is 0.0972. The molecule has 0 atom stereocenters. The summed E-state index contributed by atoms with van der Waals surface area (Å²) in [6.45, 7) is 0. The SMILES string of the molecule is N=C(NC(=O)c1ccc(O)cc1)C1(c2ccc(-c3cnc(N)nc3)cc2)CCC1. The Balaban J connectivity index is 1.53. The van der Waals surface area contributed by atoms with Gasteiger partial charge in [0, 0.05) is 23.5 Å². The third-order valence-electron chi connectivity index (χ3n) is 5.50. The second-order valence-corrected chi connectivity index (χ2v) is 7.22. The number of aromatic hydroxyl groups is 1. The Morgan fingerprint density at radius 2 is 1.62 bits per heavy atom. The first-order valence-corrected chi connectivity index (χ1v) is 9.36. The Labute approximate surface area is 168 Å². The summed E-state index contributed by atoms with van der Waals surface area (Å²) < 4.78 is 0. The molecule has 5 N–H and O–H groups in total. The van der Waals surface area contributed by atoms with E-state index in [4.69, 9.17) is 11.1 Å². The molecule has 1 saturated carbocycles. The van der Waals surface area contributed by atoms with Gasteiger partial charge in [-0.05, 0) is 48.2 Å². The number of amidine groups is 1. The topological polar surface area (TPSA) is 125 Å². The number of aromatic nitrogens is 2. The van der Waals surface area contributed by atoms with Crippen molar-refractivity contribution in [2.24, 2.45) is 0 Å². The maximum Gasteiger partial charge on any atom is 0.256 e. The molecule has 7 heteroatoms. The number of carbonyl (C=O) groups excluding carboxylic acids is 1. The van der Waals surface area contributed by atoms with Gasteiger partial charge in [0.05, 0.1) is 5.41 Å². The fourth-order valence-electron chi connectivity index (χ4n) is 3.60. The summed E-state index contributed by atoms with van der Waals surface area (Å²) in [5.74, 6) is 0.178. The van der Waals surface area contributed by atoms with Crippen molar-refractivity contribution in [1.82, 2.24) is 15.3 Å². The van der Waals surface area contributed by atoms with Crippen LogP contribution in [0.2, 0.25) is 0 Å². The molecule has 0 unspecified atom stereocenters. The lowest BCUT2D eigenvalue weighted by Gasteiger charge is -2.42. The second-order valence-electron chi connectivity index (χ2n) is 7.22. The molecular weight excluding hydrogens is 366 g/mol. The number of hydrogen-bond donors (Lipinski definition) is 4. The number of anilines is 1. The first kappa shape index (κ1) is 18.6. The molecule has 0 bridgehead atoms. The van der Waals surface area contributed by atoms with E-state index in [2.05, 4.69) is 15.3 Å². The molecule has 1 amide bonds. The molecule has 1 aliphatic rings. The van der Waals surface area contributed by atoms with Crippen LogP contribution in [-0.2, 0) is 5.41 Å². The summed E-state index contributed by atoms with van der Waals surface area (Å²) in [7, 11) is 0. The minimum Gasteiger partial charge on any atom is -0.508 e. The molecule has 1 fully saturated rings. The third-order valence-corrected chi connectivity index (χ3v) is 5.50. The summed E-state index contributed by atoms with van der Waals surface area (Å²) in [6.07, 6.45) is 5.98. The number of nitrogens with one attached hydrogen (secondary N) is 2. The number of nitrogen functional groups attached to an aromatic ring is 1. The van der Waals surface area contributed by atoms with Crippen LogP contribution in [0.3, 0.4) is 0 Å². The van der Waals surface area contributed by atoms with Gasteiger partial charge in [-0.15, -0.1) is 0 Å². The van der Waals surface area contributed by atoms with Crippen molar-refractivity contribution in [3.8, 4) is 16.9 Å². The Hall–Kier alpha value is -3.74. The number of phenolic OH excluding ortho intramolecular Hbond substituents is 1. The van der Waals surface area contributed by atoms with Crippen LogP contribution in [0.4, 0.5) is 5.95 Å². The number of rotatable bonds is 4. The van der Waals surface area contributed by atoms with E-state index in [0.717, 1.165) is 36.0 Å². The zero-order valence-corrected chi connectivity index (χ0v) is 15.7. The van der Waals surface area contributed by atoms with Crippen molar-refractivity contribution in [2.75, 3.05) is 5.73 Å². The molecule has 0 saturated heterocycles. The van der Waals surface area contributed by atoms with E-state index in [1.54, 1.807) is 12.4 Å². The zero-order chi connectivity index (χ0) is 20.4. The minimum absolute atomic E-state index is 0.0960. The number of carbonyl (C=O) groups is 1. The van der Waals surface area contributed by atoms with Crippen molar-refractivity contribution in [3.63, 3.8) is 0 Å². The number of nitrogens with zero attached hydrogens (tertiary/aromatic N) is 2. The Bertz CT molecular complexity index is 1040. The minimum atomic E-state index is -0.483. The fraction of sp³-hybridized carbons (Fsp3) is 0.182. The van der Waals surface area contributed by atoms with Crippen LogP contribution >= 0.6 is 0 Å². The quantitative estimate of drug-likeness (QED) is 0.404. The molecule has 3 aromatic rings. The molecule has 0 radical (unpaired) electrons. The van der Waals surface area contributed by atoms with Crippen molar-refractivity contribution in [3.05, 3.63) is 72.1 Å². The van der Waals surface area contributed by atoms with Gasteiger partial charge in [0.25, 0.3) is 5.91 Å². The number of phenols is 1.